The first-order valence-corrected chi connectivity index (χ1v) is 10.4. The Morgan fingerprint density at radius 3 is 2.63 bits per heavy atom. The van der Waals surface area contributed by atoms with Gasteiger partial charge in [0.05, 0.1) is 12.2 Å². The number of aliphatic imine (C=N–C) groups is 1. The fourth-order valence-corrected chi connectivity index (χ4v) is 2.90. The molecule has 8 heteroatoms. The average molecular weight is 529 g/mol. The number of benzene rings is 1. The molecule has 0 radical (unpaired) electrons. The molecule has 30 heavy (non-hydrogen) atoms. The van der Waals surface area contributed by atoms with Gasteiger partial charge in [0.1, 0.15) is 18.1 Å². The van der Waals surface area contributed by atoms with Gasteiger partial charge in [0, 0.05) is 31.6 Å². The number of likely N-dealkylation sites (N-methyl/N-ethyl adjacent to an activating group) is 1. The molecule has 1 aromatic heterocycles. The van der Waals surface area contributed by atoms with E-state index in [1.807, 2.05) is 32.3 Å². The fraction of sp³-hybridized carbons (Fsp3) is 0.545. The maximum absolute atomic E-state index is 5.82. The summed E-state index contributed by atoms with van der Waals surface area (Å²) in [5.74, 6) is 2.59. The minimum atomic E-state index is 0. The lowest BCUT2D eigenvalue weighted by molar-refractivity contribution is 0.261. The van der Waals surface area contributed by atoms with Crippen LogP contribution in [-0.4, -0.2) is 49.8 Å². The molecule has 7 nitrogen and oxygen atoms in total. The molecule has 2 rings (SSSR count). The third-order valence-electron chi connectivity index (χ3n) is 4.51. The SMILES string of the molecule is CCNC(=NCc1cccc(OCCN(C)C)c1)NCc1c(CC)noc1CC.I. The Bertz CT molecular complexity index is 755. The maximum atomic E-state index is 5.82. The third kappa shape index (κ3) is 8.51. The van der Waals surface area contributed by atoms with Crippen molar-refractivity contribution < 1.29 is 9.26 Å². The van der Waals surface area contributed by atoms with E-state index >= 15 is 0 Å². The minimum absolute atomic E-state index is 0. The highest BCUT2D eigenvalue weighted by Crippen LogP contribution is 2.16. The van der Waals surface area contributed by atoms with E-state index in [0.717, 1.165) is 60.2 Å². The maximum Gasteiger partial charge on any atom is 0.191 e. The molecule has 0 bridgehead atoms. The smallest absolute Gasteiger partial charge is 0.191 e. The molecule has 2 N–H and O–H groups in total. The average Bonchev–Trinajstić information content (AvgIpc) is 3.12. The van der Waals surface area contributed by atoms with E-state index in [1.54, 1.807) is 0 Å². The van der Waals surface area contributed by atoms with Gasteiger partial charge in [-0.05, 0) is 45.1 Å². The highest BCUT2D eigenvalue weighted by atomic mass is 127. The lowest BCUT2D eigenvalue weighted by Gasteiger charge is -2.13. The second-order valence-electron chi connectivity index (χ2n) is 7.09. The topological polar surface area (TPSA) is 74.9 Å². The summed E-state index contributed by atoms with van der Waals surface area (Å²) in [5, 5.41) is 10.9. The van der Waals surface area contributed by atoms with Gasteiger partial charge in [-0.2, -0.15) is 0 Å². The zero-order chi connectivity index (χ0) is 21.1. The summed E-state index contributed by atoms with van der Waals surface area (Å²) in [6, 6.07) is 8.11. The molecule has 0 aliphatic carbocycles. The van der Waals surface area contributed by atoms with Gasteiger partial charge < -0.3 is 24.8 Å². The number of ether oxygens (including phenoxy) is 1. The van der Waals surface area contributed by atoms with Crippen LogP contribution in [0.15, 0.2) is 33.8 Å². The Hall–Kier alpha value is -1.81. The number of aryl methyl sites for hydroxylation is 2. The Balaban J connectivity index is 0.00000450. The number of hydrogen-bond acceptors (Lipinski definition) is 5. The number of hydrogen-bond donors (Lipinski definition) is 2. The molecule has 0 aliphatic heterocycles. The molecule has 168 valence electrons. The van der Waals surface area contributed by atoms with Gasteiger partial charge in [-0.25, -0.2) is 4.99 Å². The van der Waals surface area contributed by atoms with Crippen molar-refractivity contribution in [3.05, 3.63) is 46.8 Å². The fourth-order valence-electron chi connectivity index (χ4n) is 2.90. The first-order chi connectivity index (χ1) is 14.1. The summed E-state index contributed by atoms with van der Waals surface area (Å²) in [5.41, 5.74) is 3.25. The first-order valence-electron chi connectivity index (χ1n) is 10.4. The number of aromatic nitrogens is 1. The molecule has 1 aromatic carbocycles. The summed E-state index contributed by atoms with van der Waals surface area (Å²) in [6.07, 6.45) is 1.69. The summed E-state index contributed by atoms with van der Waals surface area (Å²) >= 11 is 0. The van der Waals surface area contributed by atoms with Crippen molar-refractivity contribution >= 4 is 29.9 Å². The van der Waals surface area contributed by atoms with Crippen LogP contribution in [0, 0.1) is 0 Å². The Labute approximate surface area is 197 Å². The van der Waals surface area contributed by atoms with Gasteiger partial charge >= 0.3 is 0 Å². The van der Waals surface area contributed by atoms with Crippen molar-refractivity contribution in [3.8, 4) is 5.75 Å². The zero-order valence-corrected chi connectivity index (χ0v) is 21.2. The van der Waals surface area contributed by atoms with E-state index < -0.39 is 0 Å². The van der Waals surface area contributed by atoms with Crippen LogP contribution in [0.2, 0.25) is 0 Å². The zero-order valence-electron chi connectivity index (χ0n) is 18.8. The monoisotopic (exact) mass is 529 g/mol. The van der Waals surface area contributed by atoms with Crippen molar-refractivity contribution in [2.24, 2.45) is 4.99 Å². The van der Waals surface area contributed by atoms with E-state index in [9.17, 15) is 0 Å². The van der Waals surface area contributed by atoms with Crippen molar-refractivity contribution in [3.63, 3.8) is 0 Å². The summed E-state index contributed by atoms with van der Waals surface area (Å²) < 4.78 is 11.3. The van der Waals surface area contributed by atoms with Crippen molar-refractivity contribution in [1.29, 1.82) is 0 Å². The quantitative estimate of drug-likeness (QED) is 0.263. The van der Waals surface area contributed by atoms with Crippen molar-refractivity contribution in [1.82, 2.24) is 20.7 Å². The molecule has 0 aliphatic rings. The third-order valence-corrected chi connectivity index (χ3v) is 4.51. The lowest BCUT2D eigenvalue weighted by atomic mass is 10.1. The van der Waals surface area contributed by atoms with Crippen LogP contribution in [0.4, 0.5) is 0 Å². The van der Waals surface area contributed by atoms with Gasteiger partial charge in [0.15, 0.2) is 5.96 Å². The van der Waals surface area contributed by atoms with E-state index in [2.05, 4.69) is 47.5 Å². The molecule has 1 heterocycles. The van der Waals surface area contributed by atoms with Crippen molar-refractivity contribution in [2.45, 2.75) is 46.7 Å². The molecule has 0 amide bonds. The second-order valence-corrected chi connectivity index (χ2v) is 7.09. The number of nitrogens with one attached hydrogen (secondary N) is 2. The lowest BCUT2D eigenvalue weighted by Crippen LogP contribution is -2.37. The van der Waals surface area contributed by atoms with Crippen LogP contribution >= 0.6 is 24.0 Å². The summed E-state index contributed by atoms with van der Waals surface area (Å²) in [7, 11) is 4.08. The van der Waals surface area contributed by atoms with Crippen LogP contribution in [-0.2, 0) is 25.9 Å². The van der Waals surface area contributed by atoms with Gasteiger partial charge in [-0.3, -0.25) is 0 Å². The normalized spacial score (nSPS) is 11.3. The number of halogens is 1. The molecule has 0 unspecified atom stereocenters. The predicted octanol–water partition coefficient (Wildman–Crippen LogP) is 3.61. The standard InChI is InChI=1S/C22H35N5O2.HI/c1-6-20-19(21(7-2)29-26-20)16-25-22(23-8-3)24-15-17-10-9-11-18(14-17)28-13-12-27(4)5;/h9-11,14H,6-8,12-13,15-16H2,1-5H3,(H2,23,24,25);1H. The molecule has 2 aromatic rings. The molecule has 0 spiro atoms. The van der Waals surface area contributed by atoms with Gasteiger partial charge in [0.25, 0.3) is 0 Å². The Morgan fingerprint density at radius 1 is 1.17 bits per heavy atom. The second kappa shape index (κ2) is 14.2. The largest absolute Gasteiger partial charge is 0.492 e. The van der Waals surface area contributed by atoms with Crippen LogP contribution in [0.3, 0.4) is 0 Å². The Morgan fingerprint density at radius 2 is 1.97 bits per heavy atom. The summed E-state index contributed by atoms with van der Waals surface area (Å²) in [4.78, 5) is 6.83. The molecule has 0 fully saturated rings. The van der Waals surface area contributed by atoms with E-state index in [0.29, 0.717) is 19.7 Å². The molecule has 0 atom stereocenters. The van der Waals surface area contributed by atoms with Crippen LogP contribution < -0.4 is 15.4 Å². The van der Waals surface area contributed by atoms with Crippen LogP contribution in [0.5, 0.6) is 5.75 Å². The Kier molecular flexibility index (Phi) is 12.4. The number of rotatable bonds is 11. The van der Waals surface area contributed by atoms with E-state index in [-0.39, 0.29) is 24.0 Å². The predicted molar refractivity (Wildman–Crippen MR) is 133 cm³/mol. The van der Waals surface area contributed by atoms with E-state index in [1.165, 1.54) is 0 Å². The highest BCUT2D eigenvalue weighted by Gasteiger charge is 2.13. The highest BCUT2D eigenvalue weighted by molar-refractivity contribution is 14.0. The molecular weight excluding hydrogens is 493 g/mol. The van der Waals surface area contributed by atoms with Gasteiger partial charge in [-0.15, -0.1) is 24.0 Å². The number of nitrogens with zero attached hydrogens (tertiary/aromatic N) is 3. The first kappa shape index (κ1) is 26.2. The molecule has 0 saturated heterocycles. The van der Waals surface area contributed by atoms with Gasteiger partial charge in [0.2, 0.25) is 0 Å². The minimum Gasteiger partial charge on any atom is -0.492 e. The number of guanidine groups is 1. The molecule has 0 saturated carbocycles. The van der Waals surface area contributed by atoms with Crippen LogP contribution in [0.25, 0.3) is 0 Å². The summed E-state index contributed by atoms with van der Waals surface area (Å²) in [6.45, 7) is 9.81. The van der Waals surface area contributed by atoms with Crippen LogP contribution in [0.1, 0.15) is 43.4 Å². The van der Waals surface area contributed by atoms with E-state index in [4.69, 9.17) is 14.3 Å². The molecular formula is C22H36IN5O2. The van der Waals surface area contributed by atoms with Gasteiger partial charge in [-0.1, -0.05) is 31.1 Å². The van der Waals surface area contributed by atoms with Crippen molar-refractivity contribution in [2.75, 3.05) is 33.8 Å².